The zero-order valence-electron chi connectivity index (χ0n) is 36.9. The molecular formula is C67H44. The Bertz CT molecular complexity index is 3860. The molecule has 0 saturated carbocycles. The van der Waals surface area contributed by atoms with E-state index in [2.05, 4.69) is 267 Å². The van der Waals surface area contributed by atoms with Gasteiger partial charge in [-0.2, -0.15) is 0 Å². The van der Waals surface area contributed by atoms with E-state index in [0.29, 0.717) is 0 Å². The van der Waals surface area contributed by atoms with E-state index in [1.165, 1.54) is 121 Å². The summed E-state index contributed by atoms with van der Waals surface area (Å²) in [5, 5.41) is 9.94. The first-order chi connectivity index (χ1) is 33.2. The summed E-state index contributed by atoms with van der Waals surface area (Å²) >= 11 is 0. The van der Waals surface area contributed by atoms with Gasteiger partial charge < -0.3 is 0 Å². The van der Waals surface area contributed by atoms with Crippen molar-refractivity contribution in [3.63, 3.8) is 0 Å². The van der Waals surface area contributed by atoms with Gasteiger partial charge in [0.25, 0.3) is 0 Å². The maximum absolute atomic E-state index is 2.47. The van der Waals surface area contributed by atoms with Crippen LogP contribution >= 0.6 is 0 Å². The predicted octanol–water partition coefficient (Wildman–Crippen LogP) is 17.6. The first-order valence-electron chi connectivity index (χ1n) is 23.3. The second-order valence-electron chi connectivity index (χ2n) is 17.9. The molecule has 0 radical (unpaired) electrons. The Labute approximate surface area is 391 Å². The molecule has 1 aliphatic carbocycles. The molecule has 12 aromatic rings. The third-order valence-electron chi connectivity index (χ3n) is 14.3. The Morgan fingerprint density at radius 1 is 0.239 bits per heavy atom. The molecule has 0 fully saturated rings. The smallest absolute Gasteiger partial charge is 0.0622 e. The van der Waals surface area contributed by atoms with Crippen LogP contribution in [-0.4, -0.2) is 0 Å². The Balaban J connectivity index is 1.09. The third kappa shape index (κ3) is 6.22. The van der Waals surface area contributed by atoms with Gasteiger partial charge in [-0.25, -0.2) is 0 Å². The Morgan fingerprint density at radius 2 is 0.687 bits per heavy atom. The van der Waals surface area contributed by atoms with Gasteiger partial charge in [-0.1, -0.05) is 243 Å². The van der Waals surface area contributed by atoms with Gasteiger partial charge in [0.1, 0.15) is 0 Å². The molecule has 67 heavy (non-hydrogen) atoms. The van der Waals surface area contributed by atoms with E-state index in [1.54, 1.807) is 0 Å². The molecule has 0 saturated heterocycles. The van der Waals surface area contributed by atoms with Crippen molar-refractivity contribution >= 4 is 54.2 Å². The summed E-state index contributed by atoms with van der Waals surface area (Å²) in [6, 6.07) is 99.2. The molecule has 0 heterocycles. The standard InChI is InChI=1S/C67H44/c1-4-21-47(22-5-1)65-60-33-16-17-34-62(60)67(55-27-6-2-7-28-55,56-29-8-3-9-30-56)66(65)54-26-18-25-50(43-54)51-39-40-59-61(44-51)64(53-38-36-46-20-11-13-24-49(46)42-53)58-32-15-14-31-57(58)63(59)52-37-35-45-19-10-12-23-48(45)41-52/h1-44H. The first-order valence-corrected chi connectivity index (χ1v) is 23.3. The Kier molecular flexibility index (Phi) is 9.18. The van der Waals surface area contributed by atoms with Crippen molar-refractivity contribution in [3.05, 3.63) is 300 Å². The summed E-state index contributed by atoms with van der Waals surface area (Å²) in [5.41, 5.74) is 16.8. The maximum atomic E-state index is 2.47. The minimum Gasteiger partial charge on any atom is -0.0622 e. The fraction of sp³-hybridized carbons (Fsp3) is 0.0149. The molecule has 0 unspecified atom stereocenters. The lowest BCUT2D eigenvalue weighted by atomic mass is 9.65. The number of allylic oxidation sites excluding steroid dienone is 1. The van der Waals surface area contributed by atoms with Crippen LogP contribution in [0.3, 0.4) is 0 Å². The summed E-state index contributed by atoms with van der Waals surface area (Å²) in [7, 11) is 0. The van der Waals surface area contributed by atoms with Gasteiger partial charge in [0.2, 0.25) is 0 Å². The highest BCUT2D eigenvalue weighted by atomic mass is 14.5. The summed E-state index contributed by atoms with van der Waals surface area (Å²) in [6.07, 6.45) is 0. The molecule has 1 aliphatic rings. The lowest BCUT2D eigenvalue weighted by Crippen LogP contribution is -2.29. The quantitative estimate of drug-likeness (QED) is 0.140. The second kappa shape index (κ2) is 15.8. The van der Waals surface area contributed by atoms with Crippen molar-refractivity contribution in [2.24, 2.45) is 0 Å². The number of hydrogen-bond donors (Lipinski definition) is 0. The van der Waals surface area contributed by atoms with Crippen LogP contribution < -0.4 is 0 Å². The molecule has 0 spiro atoms. The fourth-order valence-electron chi connectivity index (χ4n) is 11.4. The van der Waals surface area contributed by atoms with Gasteiger partial charge in [-0.3, -0.25) is 0 Å². The van der Waals surface area contributed by atoms with Gasteiger partial charge in [-0.05, 0) is 145 Å². The van der Waals surface area contributed by atoms with E-state index in [0.717, 1.165) is 0 Å². The highest BCUT2D eigenvalue weighted by molar-refractivity contribution is 6.23. The van der Waals surface area contributed by atoms with Gasteiger partial charge in [0, 0.05) is 0 Å². The van der Waals surface area contributed by atoms with Crippen LogP contribution in [0.25, 0.3) is 87.6 Å². The van der Waals surface area contributed by atoms with Gasteiger partial charge >= 0.3 is 0 Å². The Hall–Kier alpha value is -8.58. The zero-order chi connectivity index (χ0) is 44.3. The number of benzene rings is 12. The molecule has 0 aromatic heterocycles. The van der Waals surface area contributed by atoms with E-state index < -0.39 is 5.41 Å². The molecule has 0 N–H and O–H groups in total. The van der Waals surface area contributed by atoms with E-state index in [-0.39, 0.29) is 0 Å². The van der Waals surface area contributed by atoms with Crippen LogP contribution in [0.2, 0.25) is 0 Å². The van der Waals surface area contributed by atoms with Crippen LogP contribution in [0, 0.1) is 0 Å². The summed E-state index contributed by atoms with van der Waals surface area (Å²) < 4.78 is 0. The molecular weight excluding hydrogens is 805 g/mol. The molecule has 0 atom stereocenters. The molecule has 13 rings (SSSR count). The van der Waals surface area contributed by atoms with Crippen molar-refractivity contribution in [1.82, 2.24) is 0 Å². The topological polar surface area (TPSA) is 0 Å². The van der Waals surface area contributed by atoms with E-state index in [9.17, 15) is 0 Å². The maximum Gasteiger partial charge on any atom is 0.0719 e. The summed E-state index contributed by atoms with van der Waals surface area (Å²) in [5.74, 6) is 0. The number of hydrogen-bond acceptors (Lipinski definition) is 0. The fourth-order valence-corrected chi connectivity index (χ4v) is 11.4. The lowest BCUT2D eigenvalue weighted by Gasteiger charge is -2.36. The van der Waals surface area contributed by atoms with Crippen LogP contribution in [0.15, 0.2) is 267 Å². The third-order valence-corrected chi connectivity index (χ3v) is 14.3. The average molecular weight is 849 g/mol. The normalized spacial score (nSPS) is 13.1. The van der Waals surface area contributed by atoms with Crippen molar-refractivity contribution in [1.29, 1.82) is 0 Å². The van der Waals surface area contributed by atoms with Crippen molar-refractivity contribution < 1.29 is 0 Å². The van der Waals surface area contributed by atoms with Crippen LogP contribution in [0.1, 0.15) is 33.4 Å². The van der Waals surface area contributed by atoms with Crippen molar-refractivity contribution in [3.8, 4) is 33.4 Å². The molecule has 0 amide bonds. The number of fused-ring (bicyclic) bond motifs is 5. The molecule has 0 bridgehead atoms. The van der Waals surface area contributed by atoms with E-state index in [4.69, 9.17) is 0 Å². The minimum absolute atomic E-state index is 0.580. The summed E-state index contributed by atoms with van der Waals surface area (Å²) in [6.45, 7) is 0. The Morgan fingerprint density at radius 3 is 1.31 bits per heavy atom. The largest absolute Gasteiger partial charge is 0.0719 e. The van der Waals surface area contributed by atoms with Gasteiger partial charge in [0.15, 0.2) is 0 Å². The van der Waals surface area contributed by atoms with Crippen LogP contribution in [0.5, 0.6) is 0 Å². The highest BCUT2D eigenvalue weighted by Gasteiger charge is 2.48. The number of rotatable bonds is 7. The van der Waals surface area contributed by atoms with E-state index in [1.807, 2.05) is 0 Å². The highest BCUT2D eigenvalue weighted by Crippen LogP contribution is 2.60. The predicted molar refractivity (Wildman–Crippen MR) is 284 cm³/mol. The first kappa shape index (κ1) is 38.8. The van der Waals surface area contributed by atoms with Crippen molar-refractivity contribution in [2.75, 3.05) is 0 Å². The SMILES string of the molecule is c1ccc(C2=C(c3cccc(-c4ccc5c(-c6ccc7ccccc7c6)c6ccccc6c(-c6ccc7ccccc7c6)c5c4)c3)C(c3ccccc3)(c3ccccc3)c3ccccc32)cc1. The lowest BCUT2D eigenvalue weighted by molar-refractivity contribution is 0.814. The monoisotopic (exact) mass is 848 g/mol. The summed E-state index contributed by atoms with van der Waals surface area (Å²) in [4.78, 5) is 0. The molecule has 12 aromatic carbocycles. The zero-order valence-corrected chi connectivity index (χ0v) is 36.9. The van der Waals surface area contributed by atoms with Gasteiger partial charge in [-0.15, -0.1) is 0 Å². The molecule has 0 nitrogen and oxygen atoms in total. The molecule has 0 aliphatic heterocycles. The minimum atomic E-state index is -0.580. The van der Waals surface area contributed by atoms with Crippen molar-refractivity contribution in [2.45, 2.75) is 5.41 Å². The van der Waals surface area contributed by atoms with Crippen LogP contribution in [0.4, 0.5) is 0 Å². The average Bonchev–Trinajstić information content (AvgIpc) is 3.72. The van der Waals surface area contributed by atoms with E-state index >= 15 is 0 Å². The molecule has 312 valence electrons. The second-order valence-corrected chi connectivity index (χ2v) is 17.9. The van der Waals surface area contributed by atoms with Gasteiger partial charge in [0.05, 0.1) is 5.41 Å². The molecule has 0 heteroatoms. The van der Waals surface area contributed by atoms with Crippen LogP contribution in [-0.2, 0) is 5.41 Å².